The highest BCUT2D eigenvalue weighted by Crippen LogP contribution is 2.31. The van der Waals surface area contributed by atoms with E-state index < -0.39 is 10.8 Å². The molecule has 0 bridgehead atoms. The van der Waals surface area contributed by atoms with Crippen molar-refractivity contribution in [2.75, 3.05) is 19.6 Å². The van der Waals surface area contributed by atoms with Crippen molar-refractivity contribution < 1.29 is 9.72 Å². The Kier molecular flexibility index (Phi) is 4.24. The zero-order valence-electron chi connectivity index (χ0n) is 12.0. The van der Waals surface area contributed by atoms with Gasteiger partial charge in [0.1, 0.15) is 0 Å². The first-order valence-corrected chi connectivity index (χ1v) is 6.84. The Morgan fingerprint density at radius 2 is 2.24 bits per heavy atom. The summed E-state index contributed by atoms with van der Waals surface area (Å²) in [5, 5.41) is 11.2. The third kappa shape index (κ3) is 3.37. The number of carbonyl (C=O) groups is 1. The maximum absolute atomic E-state index is 11.2. The van der Waals surface area contributed by atoms with Gasteiger partial charge in [-0.2, -0.15) is 0 Å². The number of likely N-dealkylation sites (tertiary alicyclic amines) is 1. The second-order valence-electron chi connectivity index (χ2n) is 5.94. The minimum atomic E-state index is -0.665. The predicted molar refractivity (Wildman–Crippen MR) is 78.7 cm³/mol. The fourth-order valence-electron chi connectivity index (χ4n) is 2.69. The zero-order chi connectivity index (χ0) is 15.6. The summed E-state index contributed by atoms with van der Waals surface area (Å²) in [6.07, 6.45) is 0.983. The summed E-state index contributed by atoms with van der Waals surface area (Å²) in [5.41, 5.74) is 11.7. The fourth-order valence-corrected chi connectivity index (χ4v) is 2.69. The van der Waals surface area contributed by atoms with Gasteiger partial charge in [0.05, 0.1) is 4.92 Å². The van der Waals surface area contributed by atoms with Crippen LogP contribution in [0.5, 0.6) is 0 Å². The lowest BCUT2D eigenvalue weighted by Crippen LogP contribution is -2.31. The fraction of sp³-hybridized carbons (Fsp3) is 0.500. The molecule has 4 N–H and O–H groups in total. The van der Waals surface area contributed by atoms with Crippen LogP contribution < -0.4 is 11.5 Å². The molecule has 0 radical (unpaired) electrons. The van der Waals surface area contributed by atoms with Crippen molar-refractivity contribution in [3.63, 3.8) is 0 Å². The van der Waals surface area contributed by atoms with Gasteiger partial charge >= 0.3 is 0 Å². The molecule has 1 unspecified atom stereocenters. The Morgan fingerprint density at radius 3 is 2.76 bits per heavy atom. The van der Waals surface area contributed by atoms with E-state index in [2.05, 4.69) is 11.8 Å². The highest BCUT2D eigenvalue weighted by atomic mass is 16.6. The van der Waals surface area contributed by atoms with Crippen molar-refractivity contribution in [1.82, 2.24) is 4.90 Å². The standard InChI is InChI=1S/C14H20N4O3/c1-14(8-15)4-5-17(9-14)7-11-3-2-10(13(16)19)6-12(11)18(20)21/h2-3,6H,4-5,7-9,15H2,1H3,(H2,16,19). The van der Waals surface area contributed by atoms with Crippen molar-refractivity contribution in [3.8, 4) is 0 Å². The van der Waals surface area contributed by atoms with Crippen LogP contribution in [-0.2, 0) is 6.54 Å². The molecular weight excluding hydrogens is 272 g/mol. The van der Waals surface area contributed by atoms with E-state index in [-0.39, 0.29) is 16.7 Å². The van der Waals surface area contributed by atoms with Crippen molar-refractivity contribution in [2.24, 2.45) is 16.9 Å². The molecule has 1 fully saturated rings. The predicted octanol–water partition coefficient (Wildman–Crippen LogP) is 0.864. The van der Waals surface area contributed by atoms with Crippen molar-refractivity contribution in [1.29, 1.82) is 0 Å². The van der Waals surface area contributed by atoms with Crippen molar-refractivity contribution >= 4 is 11.6 Å². The second-order valence-corrected chi connectivity index (χ2v) is 5.94. The van der Waals surface area contributed by atoms with Crippen LogP contribution in [0.25, 0.3) is 0 Å². The number of rotatable bonds is 5. The summed E-state index contributed by atoms with van der Waals surface area (Å²) in [5.74, 6) is -0.665. The van der Waals surface area contributed by atoms with E-state index in [0.29, 0.717) is 18.7 Å². The van der Waals surface area contributed by atoms with Crippen LogP contribution in [-0.4, -0.2) is 35.4 Å². The molecule has 1 aromatic rings. The first-order valence-electron chi connectivity index (χ1n) is 6.84. The maximum Gasteiger partial charge on any atom is 0.274 e. The molecule has 2 rings (SSSR count). The Bertz CT molecular complexity index is 575. The van der Waals surface area contributed by atoms with Gasteiger partial charge in [-0.1, -0.05) is 13.0 Å². The average Bonchev–Trinajstić information content (AvgIpc) is 2.81. The Hall–Kier alpha value is -1.99. The molecule has 0 saturated carbocycles. The number of benzene rings is 1. The number of carbonyl (C=O) groups excluding carboxylic acids is 1. The molecule has 1 aliphatic rings. The molecular formula is C14H20N4O3. The molecule has 0 aromatic heterocycles. The lowest BCUT2D eigenvalue weighted by molar-refractivity contribution is -0.385. The number of hydrogen-bond acceptors (Lipinski definition) is 5. The van der Waals surface area contributed by atoms with Crippen molar-refractivity contribution in [2.45, 2.75) is 19.9 Å². The Labute approximate surface area is 123 Å². The Balaban J connectivity index is 2.21. The summed E-state index contributed by atoms with van der Waals surface area (Å²) in [6, 6.07) is 4.38. The number of primary amides is 1. The SMILES string of the molecule is CC1(CN)CCN(Cc2ccc(C(N)=O)cc2[N+](=O)[O-])C1. The molecule has 7 nitrogen and oxygen atoms in total. The van der Waals surface area contributed by atoms with Crippen LogP contribution in [0.4, 0.5) is 5.69 Å². The number of nitrogens with zero attached hydrogens (tertiary/aromatic N) is 2. The third-order valence-corrected chi connectivity index (χ3v) is 4.09. The van der Waals surface area contributed by atoms with Crippen LogP contribution in [0.2, 0.25) is 0 Å². The summed E-state index contributed by atoms with van der Waals surface area (Å²) in [6.45, 7) is 4.88. The van der Waals surface area contributed by atoms with Crippen LogP contribution in [0.15, 0.2) is 18.2 Å². The van der Waals surface area contributed by atoms with Gasteiger partial charge in [-0.3, -0.25) is 19.8 Å². The molecule has 1 atom stereocenters. The minimum absolute atomic E-state index is 0.0624. The number of hydrogen-bond donors (Lipinski definition) is 2. The lowest BCUT2D eigenvalue weighted by atomic mass is 9.90. The van der Waals surface area contributed by atoms with Gasteiger partial charge in [0.15, 0.2) is 0 Å². The van der Waals surface area contributed by atoms with E-state index in [0.717, 1.165) is 19.5 Å². The molecule has 0 aliphatic carbocycles. The number of amides is 1. The molecule has 114 valence electrons. The lowest BCUT2D eigenvalue weighted by Gasteiger charge is -2.22. The quantitative estimate of drug-likeness (QED) is 0.617. The number of nitro groups is 1. The molecule has 1 saturated heterocycles. The summed E-state index contributed by atoms with van der Waals surface area (Å²) in [7, 11) is 0. The van der Waals surface area contributed by atoms with Crippen LogP contribution >= 0.6 is 0 Å². The van der Waals surface area contributed by atoms with Gasteiger partial charge in [-0.05, 0) is 31.0 Å². The Morgan fingerprint density at radius 1 is 1.52 bits per heavy atom. The van der Waals surface area contributed by atoms with Crippen molar-refractivity contribution in [3.05, 3.63) is 39.4 Å². The normalized spacial score (nSPS) is 22.4. The highest BCUT2D eigenvalue weighted by Gasteiger charge is 2.33. The monoisotopic (exact) mass is 292 g/mol. The number of nitrogens with two attached hydrogens (primary N) is 2. The summed E-state index contributed by atoms with van der Waals surface area (Å²) < 4.78 is 0. The van der Waals surface area contributed by atoms with Gasteiger partial charge in [0.25, 0.3) is 5.69 Å². The third-order valence-electron chi connectivity index (χ3n) is 4.09. The topological polar surface area (TPSA) is 115 Å². The average molecular weight is 292 g/mol. The summed E-state index contributed by atoms with van der Waals surface area (Å²) >= 11 is 0. The first kappa shape index (κ1) is 15.4. The second kappa shape index (κ2) is 5.79. The maximum atomic E-state index is 11.2. The van der Waals surface area contributed by atoms with Crippen LogP contribution in [0.1, 0.15) is 29.3 Å². The largest absolute Gasteiger partial charge is 0.366 e. The molecule has 7 heteroatoms. The smallest absolute Gasteiger partial charge is 0.274 e. The van der Waals surface area contributed by atoms with Gasteiger partial charge in [-0.25, -0.2) is 0 Å². The summed E-state index contributed by atoms with van der Waals surface area (Å²) in [4.78, 5) is 24.0. The number of nitro benzene ring substituents is 1. The highest BCUT2D eigenvalue weighted by molar-refractivity contribution is 5.93. The molecule has 1 heterocycles. The molecule has 1 aliphatic heterocycles. The van der Waals surface area contributed by atoms with E-state index in [9.17, 15) is 14.9 Å². The van der Waals surface area contributed by atoms with E-state index in [1.54, 1.807) is 6.07 Å². The van der Waals surface area contributed by atoms with Gasteiger partial charge < -0.3 is 11.5 Å². The zero-order valence-corrected chi connectivity index (χ0v) is 12.0. The van der Waals surface area contributed by atoms with Gasteiger partial charge in [0.2, 0.25) is 5.91 Å². The van der Waals surface area contributed by atoms with E-state index in [4.69, 9.17) is 11.5 Å². The van der Waals surface area contributed by atoms with E-state index in [1.807, 2.05) is 0 Å². The van der Waals surface area contributed by atoms with Crippen LogP contribution in [0, 0.1) is 15.5 Å². The minimum Gasteiger partial charge on any atom is -0.366 e. The molecule has 1 amide bonds. The molecule has 1 aromatic carbocycles. The molecule has 0 spiro atoms. The molecule has 21 heavy (non-hydrogen) atoms. The van der Waals surface area contributed by atoms with Gasteiger partial charge in [0, 0.05) is 30.3 Å². The van der Waals surface area contributed by atoms with Gasteiger partial charge in [-0.15, -0.1) is 0 Å². The van der Waals surface area contributed by atoms with Crippen LogP contribution in [0.3, 0.4) is 0 Å². The van der Waals surface area contributed by atoms with E-state index >= 15 is 0 Å². The van der Waals surface area contributed by atoms with E-state index in [1.165, 1.54) is 12.1 Å². The first-order chi connectivity index (χ1) is 9.84.